The first-order valence-electron chi connectivity index (χ1n) is 4.40. The van der Waals surface area contributed by atoms with Gasteiger partial charge in [0.25, 0.3) is 0 Å². The fourth-order valence-corrected chi connectivity index (χ4v) is 1.42. The summed E-state index contributed by atoms with van der Waals surface area (Å²) in [5, 5.41) is 0. The number of carbonyl (C=O) groups is 2. The van der Waals surface area contributed by atoms with Crippen molar-refractivity contribution in [2.24, 2.45) is 0 Å². The number of carbonyl (C=O) groups excluding carboxylic acids is 2. The molecule has 2 nitrogen and oxygen atoms in total. The van der Waals surface area contributed by atoms with Crippen LogP contribution in [-0.2, 0) is 9.59 Å². The van der Waals surface area contributed by atoms with E-state index in [9.17, 15) is 9.59 Å². The van der Waals surface area contributed by atoms with Gasteiger partial charge in [-0.3, -0.25) is 4.79 Å². The van der Waals surface area contributed by atoms with Gasteiger partial charge in [-0.1, -0.05) is 5.57 Å². The minimum atomic E-state index is 0.236. The van der Waals surface area contributed by atoms with Crippen LogP contribution in [0, 0.1) is 0 Å². The van der Waals surface area contributed by atoms with E-state index in [2.05, 4.69) is 0 Å². The summed E-state index contributed by atoms with van der Waals surface area (Å²) < 4.78 is 0. The Morgan fingerprint density at radius 1 is 1.50 bits per heavy atom. The van der Waals surface area contributed by atoms with E-state index in [-0.39, 0.29) is 11.6 Å². The second-order valence-electron chi connectivity index (χ2n) is 3.32. The van der Waals surface area contributed by atoms with Crippen LogP contribution in [0.2, 0.25) is 0 Å². The zero-order valence-electron chi connectivity index (χ0n) is 7.43. The standard InChI is InChI=1S/C10H14O2/c1-8(11)3-2-4-9-5-6-10(12)7-9/h7H,2-6H2,1H3. The van der Waals surface area contributed by atoms with E-state index in [0.717, 1.165) is 19.3 Å². The van der Waals surface area contributed by atoms with E-state index in [0.29, 0.717) is 12.8 Å². The van der Waals surface area contributed by atoms with Crippen molar-refractivity contribution in [3.8, 4) is 0 Å². The summed E-state index contributed by atoms with van der Waals surface area (Å²) in [6.45, 7) is 1.61. The van der Waals surface area contributed by atoms with Gasteiger partial charge >= 0.3 is 0 Å². The van der Waals surface area contributed by atoms with E-state index in [1.54, 1.807) is 13.0 Å². The Morgan fingerprint density at radius 3 is 2.75 bits per heavy atom. The molecule has 1 aliphatic rings. The van der Waals surface area contributed by atoms with Crippen molar-refractivity contribution in [2.45, 2.75) is 39.0 Å². The van der Waals surface area contributed by atoms with Crippen LogP contribution < -0.4 is 0 Å². The average molecular weight is 166 g/mol. The lowest BCUT2D eigenvalue weighted by Gasteiger charge is -1.97. The molecule has 0 aromatic carbocycles. The van der Waals surface area contributed by atoms with E-state index in [1.165, 1.54) is 5.57 Å². The number of ketones is 2. The molecule has 0 fully saturated rings. The summed E-state index contributed by atoms with van der Waals surface area (Å²) in [6, 6.07) is 0. The molecule has 66 valence electrons. The number of Topliss-reactive ketones (excluding diaryl/α,β-unsaturated/α-hetero) is 1. The Balaban J connectivity index is 2.20. The van der Waals surface area contributed by atoms with Gasteiger partial charge in [0.05, 0.1) is 0 Å². The van der Waals surface area contributed by atoms with Crippen LogP contribution >= 0.6 is 0 Å². The van der Waals surface area contributed by atoms with Gasteiger partial charge in [0.2, 0.25) is 0 Å². The molecule has 0 radical (unpaired) electrons. The maximum atomic E-state index is 10.8. The smallest absolute Gasteiger partial charge is 0.155 e. The molecule has 1 rings (SSSR count). The Kier molecular flexibility index (Phi) is 3.20. The number of rotatable bonds is 4. The predicted molar refractivity (Wildman–Crippen MR) is 46.9 cm³/mol. The third-order valence-corrected chi connectivity index (χ3v) is 2.08. The van der Waals surface area contributed by atoms with Crippen molar-refractivity contribution in [1.29, 1.82) is 0 Å². The molecule has 2 heteroatoms. The number of hydrogen-bond donors (Lipinski definition) is 0. The second-order valence-corrected chi connectivity index (χ2v) is 3.32. The monoisotopic (exact) mass is 166 g/mol. The highest BCUT2D eigenvalue weighted by atomic mass is 16.1. The van der Waals surface area contributed by atoms with Gasteiger partial charge in [0.1, 0.15) is 5.78 Å². The van der Waals surface area contributed by atoms with Gasteiger partial charge in [-0.25, -0.2) is 0 Å². The summed E-state index contributed by atoms with van der Waals surface area (Å²) in [5.74, 6) is 0.479. The highest BCUT2D eigenvalue weighted by molar-refractivity contribution is 5.92. The third kappa shape index (κ3) is 2.99. The fraction of sp³-hybridized carbons (Fsp3) is 0.600. The van der Waals surface area contributed by atoms with Crippen LogP contribution in [-0.4, -0.2) is 11.6 Å². The number of hydrogen-bond acceptors (Lipinski definition) is 2. The second kappa shape index (κ2) is 4.19. The van der Waals surface area contributed by atoms with Crippen molar-refractivity contribution in [3.63, 3.8) is 0 Å². The van der Waals surface area contributed by atoms with Gasteiger partial charge in [-0.2, -0.15) is 0 Å². The van der Waals surface area contributed by atoms with Gasteiger partial charge in [-0.15, -0.1) is 0 Å². The van der Waals surface area contributed by atoms with E-state index in [4.69, 9.17) is 0 Å². The van der Waals surface area contributed by atoms with Crippen LogP contribution in [0.4, 0.5) is 0 Å². The largest absolute Gasteiger partial charge is 0.300 e. The molecular weight excluding hydrogens is 152 g/mol. The first-order chi connectivity index (χ1) is 5.68. The lowest BCUT2D eigenvalue weighted by Crippen LogP contribution is -1.89. The first-order valence-corrected chi connectivity index (χ1v) is 4.40. The zero-order chi connectivity index (χ0) is 8.97. The lowest BCUT2D eigenvalue weighted by molar-refractivity contribution is -0.117. The molecule has 0 spiro atoms. The summed E-state index contributed by atoms with van der Waals surface area (Å²) in [4.78, 5) is 21.4. The topological polar surface area (TPSA) is 34.1 Å². The Bertz CT molecular complexity index is 226. The lowest BCUT2D eigenvalue weighted by atomic mass is 10.1. The van der Waals surface area contributed by atoms with Gasteiger partial charge in [-0.05, 0) is 32.3 Å². The highest BCUT2D eigenvalue weighted by Crippen LogP contribution is 2.20. The molecule has 0 saturated heterocycles. The Hall–Kier alpha value is -0.920. The summed E-state index contributed by atoms with van der Waals surface area (Å²) >= 11 is 0. The molecule has 0 atom stereocenters. The van der Waals surface area contributed by atoms with E-state index >= 15 is 0 Å². The van der Waals surface area contributed by atoms with Gasteiger partial charge < -0.3 is 4.79 Å². The fourth-order valence-electron chi connectivity index (χ4n) is 1.42. The SMILES string of the molecule is CC(=O)CCCC1=CC(=O)CC1. The van der Waals surface area contributed by atoms with Crippen molar-refractivity contribution in [2.75, 3.05) is 0 Å². The van der Waals surface area contributed by atoms with Crippen LogP contribution in [0.15, 0.2) is 11.6 Å². The molecule has 0 N–H and O–H groups in total. The minimum absolute atomic E-state index is 0.236. The van der Waals surface area contributed by atoms with Crippen LogP contribution in [0.25, 0.3) is 0 Å². The predicted octanol–water partition coefficient (Wildman–Crippen LogP) is 2.04. The molecule has 12 heavy (non-hydrogen) atoms. The summed E-state index contributed by atoms with van der Waals surface area (Å²) in [7, 11) is 0. The Labute approximate surface area is 72.7 Å². The molecule has 0 saturated carbocycles. The highest BCUT2D eigenvalue weighted by Gasteiger charge is 2.10. The van der Waals surface area contributed by atoms with Gasteiger partial charge in [0.15, 0.2) is 5.78 Å². The van der Waals surface area contributed by atoms with Crippen LogP contribution in [0.3, 0.4) is 0 Å². The molecule has 0 aromatic heterocycles. The molecule has 0 bridgehead atoms. The third-order valence-electron chi connectivity index (χ3n) is 2.08. The van der Waals surface area contributed by atoms with Crippen LogP contribution in [0.5, 0.6) is 0 Å². The van der Waals surface area contributed by atoms with E-state index in [1.807, 2.05) is 0 Å². The van der Waals surface area contributed by atoms with Gasteiger partial charge in [0, 0.05) is 12.8 Å². The molecule has 1 aliphatic carbocycles. The molecule has 0 aliphatic heterocycles. The van der Waals surface area contributed by atoms with E-state index < -0.39 is 0 Å². The average Bonchev–Trinajstić information content (AvgIpc) is 2.35. The minimum Gasteiger partial charge on any atom is -0.300 e. The molecule has 0 heterocycles. The zero-order valence-corrected chi connectivity index (χ0v) is 7.43. The van der Waals surface area contributed by atoms with Crippen molar-refractivity contribution < 1.29 is 9.59 Å². The normalized spacial score (nSPS) is 16.4. The molecule has 0 unspecified atom stereocenters. The summed E-state index contributed by atoms with van der Waals surface area (Å²) in [5.41, 5.74) is 1.22. The Morgan fingerprint density at radius 2 is 2.25 bits per heavy atom. The molecular formula is C10H14O2. The van der Waals surface area contributed by atoms with Crippen molar-refractivity contribution >= 4 is 11.6 Å². The summed E-state index contributed by atoms with van der Waals surface area (Å²) in [6.07, 6.45) is 5.79. The first kappa shape index (κ1) is 9.17. The maximum absolute atomic E-state index is 10.8. The molecule has 0 aromatic rings. The van der Waals surface area contributed by atoms with Crippen LogP contribution in [0.1, 0.15) is 39.0 Å². The maximum Gasteiger partial charge on any atom is 0.155 e. The number of allylic oxidation sites excluding steroid dienone is 2. The quantitative estimate of drug-likeness (QED) is 0.640. The molecule has 0 amide bonds. The van der Waals surface area contributed by atoms with Crippen molar-refractivity contribution in [3.05, 3.63) is 11.6 Å². The van der Waals surface area contributed by atoms with Crippen molar-refractivity contribution in [1.82, 2.24) is 0 Å².